The SMILES string of the molecule is C/C(=N\N(c1ccc(C)cc1)C(C)C)c1cc(Cl)ccc1N. The van der Waals surface area contributed by atoms with Crippen molar-refractivity contribution in [2.24, 2.45) is 5.10 Å². The number of nitrogens with two attached hydrogens (primary N) is 1. The van der Waals surface area contributed by atoms with E-state index in [2.05, 4.69) is 45.0 Å². The number of aryl methyl sites for hydroxylation is 1. The summed E-state index contributed by atoms with van der Waals surface area (Å²) >= 11 is 6.07. The molecule has 0 saturated carbocycles. The van der Waals surface area contributed by atoms with Crippen molar-refractivity contribution in [3.8, 4) is 0 Å². The molecule has 2 rings (SSSR count). The molecule has 0 heterocycles. The smallest absolute Gasteiger partial charge is 0.0672 e. The van der Waals surface area contributed by atoms with Crippen LogP contribution in [0.1, 0.15) is 31.9 Å². The summed E-state index contributed by atoms with van der Waals surface area (Å²) in [7, 11) is 0. The molecule has 0 spiro atoms. The highest BCUT2D eigenvalue weighted by Gasteiger charge is 2.12. The maximum Gasteiger partial charge on any atom is 0.0672 e. The Morgan fingerprint density at radius 1 is 1.14 bits per heavy atom. The zero-order chi connectivity index (χ0) is 16.3. The summed E-state index contributed by atoms with van der Waals surface area (Å²) in [6.07, 6.45) is 0. The van der Waals surface area contributed by atoms with Crippen molar-refractivity contribution in [2.45, 2.75) is 33.7 Å². The van der Waals surface area contributed by atoms with Crippen molar-refractivity contribution >= 4 is 28.7 Å². The standard InChI is InChI=1S/C18H22ClN3/c1-12(2)22(16-8-5-13(3)6-9-16)21-14(4)17-11-15(19)7-10-18(17)20/h5-12H,20H2,1-4H3/b21-14+. The third kappa shape index (κ3) is 3.80. The van der Waals surface area contributed by atoms with Gasteiger partial charge in [0, 0.05) is 22.3 Å². The summed E-state index contributed by atoms with van der Waals surface area (Å²) in [6.45, 7) is 8.24. The van der Waals surface area contributed by atoms with Gasteiger partial charge in [0.25, 0.3) is 0 Å². The van der Waals surface area contributed by atoms with Crippen LogP contribution in [-0.2, 0) is 0 Å². The van der Waals surface area contributed by atoms with Gasteiger partial charge < -0.3 is 5.73 Å². The first-order chi connectivity index (χ1) is 10.4. The van der Waals surface area contributed by atoms with Crippen LogP contribution in [0.4, 0.5) is 11.4 Å². The Hall–Kier alpha value is -2.00. The van der Waals surface area contributed by atoms with E-state index in [0.717, 1.165) is 17.0 Å². The minimum absolute atomic E-state index is 0.234. The molecule has 0 amide bonds. The summed E-state index contributed by atoms with van der Waals surface area (Å²) in [4.78, 5) is 0. The van der Waals surface area contributed by atoms with Gasteiger partial charge in [-0.3, -0.25) is 5.01 Å². The molecule has 0 bridgehead atoms. The molecular formula is C18H22ClN3. The van der Waals surface area contributed by atoms with Crippen molar-refractivity contribution < 1.29 is 0 Å². The van der Waals surface area contributed by atoms with Crippen LogP contribution in [0.3, 0.4) is 0 Å². The largest absolute Gasteiger partial charge is 0.398 e. The van der Waals surface area contributed by atoms with Gasteiger partial charge in [-0.2, -0.15) is 5.10 Å². The number of hydrogen-bond acceptors (Lipinski definition) is 3. The first-order valence-electron chi connectivity index (χ1n) is 7.35. The molecule has 0 atom stereocenters. The number of hydrazone groups is 1. The molecule has 3 nitrogen and oxygen atoms in total. The van der Waals surface area contributed by atoms with E-state index in [9.17, 15) is 0 Å². The lowest BCUT2D eigenvalue weighted by atomic mass is 10.1. The highest BCUT2D eigenvalue weighted by Crippen LogP contribution is 2.22. The van der Waals surface area contributed by atoms with Crippen LogP contribution in [0.2, 0.25) is 5.02 Å². The summed E-state index contributed by atoms with van der Waals surface area (Å²) in [5.41, 5.74) is 10.7. The molecule has 0 aliphatic rings. The molecule has 2 aromatic rings. The van der Waals surface area contributed by atoms with Gasteiger partial charge in [-0.1, -0.05) is 29.3 Å². The summed E-state index contributed by atoms with van der Waals surface area (Å²) in [6, 6.07) is 14.0. The molecule has 0 saturated heterocycles. The summed E-state index contributed by atoms with van der Waals surface area (Å²) in [5, 5.41) is 7.41. The van der Waals surface area contributed by atoms with E-state index in [1.54, 1.807) is 6.07 Å². The Morgan fingerprint density at radius 2 is 1.77 bits per heavy atom. The first kappa shape index (κ1) is 16.4. The van der Waals surface area contributed by atoms with E-state index >= 15 is 0 Å². The normalized spacial score (nSPS) is 11.8. The number of halogens is 1. The molecule has 0 aliphatic heterocycles. The quantitative estimate of drug-likeness (QED) is 0.497. The lowest BCUT2D eigenvalue weighted by molar-refractivity contribution is 0.713. The van der Waals surface area contributed by atoms with E-state index in [0.29, 0.717) is 10.7 Å². The number of benzene rings is 2. The van der Waals surface area contributed by atoms with Crippen LogP contribution in [0.25, 0.3) is 0 Å². The second-order valence-corrected chi connectivity index (χ2v) is 6.13. The minimum Gasteiger partial charge on any atom is -0.398 e. The molecule has 0 unspecified atom stereocenters. The zero-order valence-corrected chi connectivity index (χ0v) is 14.2. The number of anilines is 2. The molecule has 0 radical (unpaired) electrons. The molecule has 0 aliphatic carbocycles. The third-order valence-electron chi connectivity index (χ3n) is 3.45. The van der Waals surface area contributed by atoms with Crippen LogP contribution in [-0.4, -0.2) is 11.8 Å². The highest BCUT2D eigenvalue weighted by molar-refractivity contribution is 6.31. The van der Waals surface area contributed by atoms with Crippen LogP contribution >= 0.6 is 11.6 Å². The van der Waals surface area contributed by atoms with Crippen molar-refractivity contribution in [1.29, 1.82) is 0 Å². The average molecular weight is 316 g/mol. The highest BCUT2D eigenvalue weighted by atomic mass is 35.5. The van der Waals surface area contributed by atoms with Crippen LogP contribution in [0.15, 0.2) is 47.6 Å². The second kappa shape index (κ2) is 6.84. The van der Waals surface area contributed by atoms with Crippen LogP contribution in [0, 0.1) is 6.92 Å². The molecular weight excluding hydrogens is 294 g/mol. The predicted molar refractivity (Wildman–Crippen MR) is 96.9 cm³/mol. The summed E-state index contributed by atoms with van der Waals surface area (Å²) < 4.78 is 0. The Kier molecular flexibility index (Phi) is 5.09. The fourth-order valence-electron chi connectivity index (χ4n) is 2.23. The number of nitrogen functional groups attached to an aromatic ring is 1. The van der Waals surface area contributed by atoms with Gasteiger partial charge >= 0.3 is 0 Å². The zero-order valence-electron chi connectivity index (χ0n) is 13.5. The van der Waals surface area contributed by atoms with Gasteiger partial charge in [-0.15, -0.1) is 0 Å². The topological polar surface area (TPSA) is 41.6 Å². The fourth-order valence-corrected chi connectivity index (χ4v) is 2.40. The maximum absolute atomic E-state index is 6.07. The Morgan fingerprint density at radius 3 is 2.36 bits per heavy atom. The van der Waals surface area contributed by atoms with Gasteiger partial charge in [0.15, 0.2) is 0 Å². The molecule has 0 fully saturated rings. The number of rotatable bonds is 4. The molecule has 22 heavy (non-hydrogen) atoms. The van der Waals surface area contributed by atoms with E-state index in [1.807, 2.05) is 24.1 Å². The third-order valence-corrected chi connectivity index (χ3v) is 3.69. The molecule has 2 aromatic carbocycles. The van der Waals surface area contributed by atoms with Gasteiger partial charge in [0.2, 0.25) is 0 Å². The molecule has 4 heteroatoms. The van der Waals surface area contributed by atoms with Gasteiger partial charge in [0.1, 0.15) is 0 Å². The van der Waals surface area contributed by atoms with Crippen molar-refractivity contribution in [3.05, 3.63) is 58.6 Å². The maximum atomic E-state index is 6.07. The lowest BCUT2D eigenvalue weighted by Crippen LogP contribution is -2.26. The van der Waals surface area contributed by atoms with E-state index in [1.165, 1.54) is 5.56 Å². The Labute approximate surface area is 137 Å². The minimum atomic E-state index is 0.234. The van der Waals surface area contributed by atoms with Crippen LogP contribution < -0.4 is 10.7 Å². The first-order valence-corrected chi connectivity index (χ1v) is 7.73. The predicted octanol–water partition coefficient (Wildman–Crippen LogP) is 4.87. The Bertz CT molecular complexity index is 675. The van der Waals surface area contributed by atoms with Gasteiger partial charge in [-0.25, -0.2) is 0 Å². The van der Waals surface area contributed by atoms with Gasteiger partial charge in [-0.05, 0) is 58.0 Å². The van der Waals surface area contributed by atoms with Crippen molar-refractivity contribution in [1.82, 2.24) is 0 Å². The summed E-state index contributed by atoms with van der Waals surface area (Å²) in [5.74, 6) is 0. The number of nitrogens with zero attached hydrogens (tertiary/aromatic N) is 2. The van der Waals surface area contributed by atoms with Crippen molar-refractivity contribution in [3.63, 3.8) is 0 Å². The van der Waals surface area contributed by atoms with Crippen molar-refractivity contribution in [2.75, 3.05) is 10.7 Å². The van der Waals surface area contributed by atoms with Crippen LogP contribution in [0.5, 0.6) is 0 Å². The Balaban J connectivity index is 2.41. The van der Waals surface area contributed by atoms with Gasteiger partial charge in [0.05, 0.1) is 11.4 Å². The van der Waals surface area contributed by atoms with E-state index in [4.69, 9.17) is 22.4 Å². The van der Waals surface area contributed by atoms with E-state index < -0.39 is 0 Å². The molecule has 2 N–H and O–H groups in total. The number of hydrogen-bond donors (Lipinski definition) is 1. The van der Waals surface area contributed by atoms with E-state index in [-0.39, 0.29) is 6.04 Å². The average Bonchev–Trinajstić information content (AvgIpc) is 2.48. The lowest BCUT2D eigenvalue weighted by Gasteiger charge is -2.25. The molecule has 116 valence electrons. The molecule has 0 aromatic heterocycles. The fraction of sp³-hybridized carbons (Fsp3) is 0.278. The monoisotopic (exact) mass is 315 g/mol. The second-order valence-electron chi connectivity index (χ2n) is 5.69.